The standard InChI is InChI=1S/C19H25N5O3/c1-11(2)10-23-17-14(12-4-3-7-20-8-12)9-21-24(17)19(27)15(18(23)26)16(25)22-13-5-6-13/h4,9,11,13,20,26H,3,5-8,10H2,1-2H3,(H,22,25). The molecule has 1 aliphatic carbocycles. The van der Waals surface area contributed by atoms with Crippen LogP contribution in [0.4, 0.5) is 0 Å². The molecule has 3 heterocycles. The Morgan fingerprint density at radius 2 is 2.22 bits per heavy atom. The van der Waals surface area contributed by atoms with Crippen LogP contribution in [0.15, 0.2) is 17.1 Å². The van der Waals surface area contributed by atoms with Gasteiger partial charge in [0.25, 0.3) is 11.5 Å². The van der Waals surface area contributed by atoms with Crippen molar-refractivity contribution in [3.63, 3.8) is 0 Å². The molecule has 3 N–H and O–H groups in total. The summed E-state index contributed by atoms with van der Waals surface area (Å²) in [5.41, 5.74) is 1.56. The fraction of sp³-hybridized carbons (Fsp3) is 0.526. The third kappa shape index (κ3) is 3.25. The van der Waals surface area contributed by atoms with Gasteiger partial charge in [-0.2, -0.15) is 9.61 Å². The van der Waals surface area contributed by atoms with Crippen molar-refractivity contribution in [3.8, 4) is 5.88 Å². The molecule has 0 bridgehead atoms. The molecule has 0 aromatic carbocycles. The smallest absolute Gasteiger partial charge is 0.291 e. The average molecular weight is 371 g/mol. The van der Waals surface area contributed by atoms with E-state index in [0.717, 1.165) is 36.9 Å². The topological polar surface area (TPSA) is 101 Å². The second kappa shape index (κ2) is 6.84. The molecule has 1 fully saturated rings. The summed E-state index contributed by atoms with van der Waals surface area (Å²) < 4.78 is 2.89. The lowest BCUT2D eigenvalue weighted by Gasteiger charge is -2.19. The van der Waals surface area contributed by atoms with Gasteiger partial charge >= 0.3 is 0 Å². The zero-order valence-electron chi connectivity index (χ0n) is 15.7. The van der Waals surface area contributed by atoms with E-state index in [-0.39, 0.29) is 23.4 Å². The number of nitrogens with zero attached hydrogens (tertiary/aromatic N) is 3. The van der Waals surface area contributed by atoms with E-state index in [0.29, 0.717) is 18.7 Å². The molecule has 1 aliphatic heterocycles. The van der Waals surface area contributed by atoms with E-state index in [2.05, 4.69) is 21.8 Å². The van der Waals surface area contributed by atoms with E-state index < -0.39 is 11.5 Å². The summed E-state index contributed by atoms with van der Waals surface area (Å²) in [6.07, 6.45) is 6.48. The number of aromatic hydroxyl groups is 1. The molecule has 144 valence electrons. The first-order valence-electron chi connectivity index (χ1n) is 9.52. The van der Waals surface area contributed by atoms with Gasteiger partial charge in [0.1, 0.15) is 5.65 Å². The van der Waals surface area contributed by atoms with Crippen LogP contribution in [-0.2, 0) is 6.54 Å². The van der Waals surface area contributed by atoms with Crippen LogP contribution in [0.1, 0.15) is 49.0 Å². The molecule has 0 radical (unpaired) electrons. The van der Waals surface area contributed by atoms with E-state index >= 15 is 0 Å². The Balaban J connectivity index is 1.93. The third-order valence-electron chi connectivity index (χ3n) is 4.95. The van der Waals surface area contributed by atoms with E-state index in [1.807, 2.05) is 13.8 Å². The fourth-order valence-electron chi connectivity index (χ4n) is 3.48. The predicted octanol–water partition coefficient (Wildman–Crippen LogP) is 1.13. The Bertz CT molecular complexity index is 981. The summed E-state index contributed by atoms with van der Waals surface area (Å²) in [6, 6.07) is 0.0946. The summed E-state index contributed by atoms with van der Waals surface area (Å²) in [5, 5.41) is 21.3. The zero-order valence-corrected chi connectivity index (χ0v) is 15.7. The van der Waals surface area contributed by atoms with Crippen molar-refractivity contribution in [2.75, 3.05) is 13.1 Å². The molecule has 0 atom stereocenters. The minimum atomic E-state index is -0.587. The lowest BCUT2D eigenvalue weighted by molar-refractivity contribution is 0.0944. The van der Waals surface area contributed by atoms with Crippen molar-refractivity contribution in [2.45, 2.75) is 45.7 Å². The molecule has 4 rings (SSSR count). The molecule has 0 spiro atoms. The number of nitrogens with one attached hydrogen (secondary N) is 2. The first-order valence-corrected chi connectivity index (χ1v) is 9.52. The Morgan fingerprint density at radius 1 is 1.44 bits per heavy atom. The van der Waals surface area contributed by atoms with Crippen molar-refractivity contribution in [2.24, 2.45) is 5.92 Å². The highest BCUT2D eigenvalue weighted by atomic mass is 16.3. The highest BCUT2D eigenvalue weighted by Gasteiger charge is 2.30. The lowest BCUT2D eigenvalue weighted by Crippen LogP contribution is -2.34. The minimum absolute atomic E-state index is 0.0946. The van der Waals surface area contributed by atoms with Crippen LogP contribution >= 0.6 is 0 Å². The number of aromatic nitrogens is 3. The lowest BCUT2D eigenvalue weighted by atomic mass is 10.0. The molecule has 8 nitrogen and oxygen atoms in total. The van der Waals surface area contributed by atoms with Crippen LogP contribution in [0.3, 0.4) is 0 Å². The second-order valence-corrected chi connectivity index (χ2v) is 7.74. The normalized spacial score (nSPS) is 17.4. The number of fused-ring (bicyclic) bond motifs is 1. The van der Waals surface area contributed by atoms with Gasteiger partial charge < -0.3 is 15.7 Å². The molecule has 2 aromatic heterocycles. The van der Waals surface area contributed by atoms with Crippen LogP contribution in [0.25, 0.3) is 11.2 Å². The number of amides is 1. The van der Waals surface area contributed by atoms with Crippen LogP contribution < -0.4 is 16.2 Å². The summed E-state index contributed by atoms with van der Waals surface area (Å²) in [7, 11) is 0. The van der Waals surface area contributed by atoms with Gasteiger partial charge in [-0.25, -0.2) is 0 Å². The maximum atomic E-state index is 13.0. The fourth-order valence-corrected chi connectivity index (χ4v) is 3.48. The highest BCUT2D eigenvalue weighted by molar-refractivity contribution is 5.97. The van der Waals surface area contributed by atoms with Crippen LogP contribution in [0.2, 0.25) is 0 Å². The molecular formula is C19H25N5O3. The van der Waals surface area contributed by atoms with Gasteiger partial charge in [-0.05, 0) is 37.3 Å². The maximum absolute atomic E-state index is 13.0. The number of carbonyl (C=O) groups is 1. The Labute approximate surface area is 156 Å². The van der Waals surface area contributed by atoms with E-state index in [1.54, 1.807) is 10.8 Å². The monoisotopic (exact) mass is 371 g/mol. The van der Waals surface area contributed by atoms with Crippen molar-refractivity contribution in [1.82, 2.24) is 24.8 Å². The first-order chi connectivity index (χ1) is 13.0. The summed E-state index contributed by atoms with van der Waals surface area (Å²) in [6.45, 7) is 6.11. The molecule has 2 aliphatic rings. The van der Waals surface area contributed by atoms with Crippen molar-refractivity contribution in [1.29, 1.82) is 0 Å². The van der Waals surface area contributed by atoms with Gasteiger partial charge in [-0.1, -0.05) is 19.9 Å². The molecular weight excluding hydrogens is 346 g/mol. The van der Waals surface area contributed by atoms with Gasteiger partial charge in [-0.3, -0.25) is 14.2 Å². The minimum Gasteiger partial charge on any atom is -0.494 e. The highest BCUT2D eigenvalue weighted by Crippen LogP contribution is 2.27. The predicted molar refractivity (Wildman–Crippen MR) is 102 cm³/mol. The Morgan fingerprint density at radius 3 is 2.85 bits per heavy atom. The number of hydrogen-bond donors (Lipinski definition) is 3. The first kappa shape index (κ1) is 17.8. The molecule has 1 saturated carbocycles. The second-order valence-electron chi connectivity index (χ2n) is 7.74. The van der Waals surface area contributed by atoms with E-state index in [1.165, 1.54) is 4.52 Å². The summed E-state index contributed by atoms with van der Waals surface area (Å²) in [5.74, 6) is -0.608. The van der Waals surface area contributed by atoms with Gasteiger partial charge in [-0.15, -0.1) is 0 Å². The average Bonchev–Trinajstić information content (AvgIpc) is 3.33. The van der Waals surface area contributed by atoms with Crippen LogP contribution in [0, 0.1) is 5.92 Å². The van der Waals surface area contributed by atoms with Gasteiger partial charge in [0.05, 0.1) is 6.20 Å². The molecule has 0 saturated heterocycles. The van der Waals surface area contributed by atoms with Gasteiger partial charge in [0, 0.05) is 24.7 Å². The molecule has 8 heteroatoms. The quantitative estimate of drug-likeness (QED) is 0.731. The van der Waals surface area contributed by atoms with Gasteiger partial charge in [0.2, 0.25) is 5.88 Å². The third-order valence-corrected chi connectivity index (χ3v) is 4.95. The molecule has 0 unspecified atom stereocenters. The Kier molecular flexibility index (Phi) is 4.51. The van der Waals surface area contributed by atoms with Crippen LogP contribution in [0.5, 0.6) is 5.88 Å². The SMILES string of the molecule is CC(C)Cn1c(O)c(C(=O)NC2CC2)c(=O)n2ncc(C3=CCCNC3)c12. The van der Waals surface area contributed by atoms with Crippen molar-refractivity contribution in [3.05, 3.63) is 33.8 Å². The zero-order chi connectivity index (χ0) is 19.1. The largest absolute Gasteiger partial charge is 0.494 e. The van der Waals surface area contributed by atoms with Crippen molar-refractivity contribution < 1.29 is 9.90 Å². The summed E-state index contributed by atoms with van der Waals surface area (Å²) >= 11 is 0. The van der Waals surface area contributed by atoms with E-state index in [9.17, 15) is 14.7 Å². The Hall–Kier alpha value is -2.61. The van der Waals surface area contributed by atoms with E-state index in [4.69, 9.17) is 0 Å². The number of rotatable bonds is 5. The maximum Gasteiger partial charge on any atom is 0.291 e. The number of hydrogen-bond acceptors (Lipinski definition) is 5. The molecule has 2 aromatic rings. The summed E-state index contributed by atoms with van der Waals surface area (Å²) in [4.78, 5) is 25.5. The molecule has 1 amide bonds. The number of carbonyl (C=O) groups excluding carboxylic acids is 1. The molecule has 27 heavy (non-hydrogen) atoms. The van der Waals surface area contributed by atoms with Crippen molar-refractivity contribution >= 4 is 17.1 Å². The van der Waals surface area contributed by atoms with Gasteiger partial charge in [0.15, 0.2) is 5.56 Å². The van der Waals surface area contributed by atoms with Crippen LogP contribution in [-0.4, -0.2) is 44.3 Å².